The number of fused-ring (bicyclic) bond motifs is 6. The van der Waals surface area contributed by atoms with Crippen molar-refractivity contribution in [1.82, 2.24) is 20.2 Å². The first-order chi connectivity index (χ1) is 67.9. The van der Waals surface area contributed by atoms with Crippen LogP contribution in [0.15, 0.2) is 286 Å². The van der Waals surface area contributed by atoms with E-state index < -0.39 is 70.3 Å². The minimum atomic E-state index is -0.645. The van der Waals surface area contributed by atoms with Crippen LogP contribution >= 0.6 is 47.8 Å². The van der Waals surface area contributed by atoms with E-state index in [0.717, 1.165) is 4.47 Å². The molecule has 143 heavy (non-hydrogen) atoms. The number of methoxy groups -OCH3 is 2. The lowest BCUT2D eigenvalue weighted by Gasteiger charge is -2.32. The molecule has 19 rings (SSSR count). The van der Waals surface area contributed by atoms with E-state index in [9.17, 15) is 63.5 Å². The van der Waals surface area contributed by atoms with E-state index in [-0.39, 0.29) is 94.7 Å². The largest absolute Gasteiger partial charge is 0.496 e. The Balaban J connectivity index is 0.000000147. The third-order valence-corrected chi connectivity index (χ3v) is 23.7. The molecule has 22 nitrogen and oxygen atoms in total. The van der Waals surface area contributed by atoms with Crippen LogP contribution in [0.25, 0.3) is 111 Å². The average Bonchev–Trinajstić information content (AvgIpc) is 1.74. The Morgan fingerprint density at radius 1 is 0.399 bits per heavy atom. The van der Waals surface area contributed by atoms with Crippen LogP contribution in [0.1, 0.15) is 98.0 Å². The molecule has 8 heterocycles. The predicted molar refractivity (Wildman–Crippen MR) is 546 cm³/mol. The van der Waals surface area contributed by atoms with Crippen molar-refractivity contribution in [3.63, 3.8) is 0 Å². The van der Waals surface area contributed by atoms with Crippen molar-refractivity contribution < 1.29 is 94.6 Å². The van der Waals surface area contributed by atoms with Gasteiger partial charge in [0.15, 0.2) is 45.8 Å². The fourth-order valence-corrected chi connectivity index (χ4v) is 15.7. The highest BCUT2D eigenvalue weighted by molar-refractivity contribution is 9.10. The Hall–Kier alpha value is -14.4. The van der Waals surface area contributed by atoms with Gasteiger partial charge in [-0.3, -0.25) is 29.1 Å². The maximum absolute atomic E-state index is 14.1. The molecule has 0 bridgehead atoms. The topological polar surface area (TPSA) is 296 Å². The van der Waals surface area contributed by atoms with Crippen LogP contribution < -0.4 is 62.0 Å². The molecule has 1 saturated heterocycles. The zero-order valence-corrected chi connectivity index (χ0v) is 84.6. The monoisotopic (exact) mass is 2150 g/mol. The van der Waals surface area contributed by atoms with Gasteiger partial charge in [0, 0.05) is 16.1 Å². The molecule has 35 heteroatoms. The molecule has 740 valence electrons. The molecule has 0 amide bonds. The molecule has 0 radical (unpaired) electrons. The number of aryl methyl sites for hydroxylation is 4. The lowest BCUT2D eigenvalue weighted by Crippen LogP contribution is -2.41. The summed E-state index contributed by atoms with van der Waals surface area (Å²) in [5.41, 5.74) is 9.50. The summed E-state index contributed by atoms with van der Waals surface area (Å²) < 4.78 is 188. The van der Waals surface area contributed by atoms with E-state index in [1.807, 2.05) is 69.2 Å². The summed E-state index contributed by atoms with van der Waals surface area (Å²) >= 11 is 9.55. The van der Waals surface area contributed by atoms with Crippen molar-refractivity contribution in [1.29, 1.82) is 0 Å². The van der Waals surface area contributed by atoms with Gasteiger partial charge in [-0.25, -0.2) is 49.5 Å². The number of aromatic nitrogens is 4. The number of nitrogen functional groups attached to an aromatic ring is 1. The number of nitrogens with two attached hydrogens (primary N) is 1. The standard InChI is InChI=1S/C17H12BrFO3.C17H13FO3.C16H10F2O2.C15H22BFO3.C14H14FN5O.C10H6BrFO2.C10H7FO2.C9H10BrFO/c1-21-12-6-3-7-13-16(12)17(20)15(14(9-18)22-13)10-4-2-5-11(19)8-10;1-10-15(11-5-3-6-12(18)9-11)17(19)16-13(20-2)7-4-8-14(16)21-10;1-9-14(10-4-2-5-11(17)8-10)16(19)15-12(18)6-3-7-13(15)20-9;1-10(2)18-13-8-7-11(9-12(13)17)16-19-14(3,4)15(5,6)20-16;1-7(2)21-10-4-3-8(5-9(10)15)12-11-13(16)17-6-18-14(11)20-19-12;1-5-9(11)10(13)8-6(12)3-2-4-7(8)14-5;1-6-5-8(12)10-7(11)3-2-4-9(10)13-6;1-6(2)12-9-4-3-7(10)5-8(9)11/h2-8H,9H2,1H3;3-9H,1-2H3;2-8H,1H3;7-10H,1-6H3;3-7H,1-2H3,(H3,16,17,18,19,20);2-4H,1H3;2-5H,1H3;3-6H,1-2H3. The number of H-pyrrole nitrogens is 1. The summed E-state index contributed by atoms with van der Waals surface area (Å²) in [6, 6.07) is 56.1. The van der Waals surface area contributed by atoms with E-state index in [0.29, 0.717) is 140 Å². The second-order valence-corrected chi connectivity index (χ2v) is 36.0. The number of rotatable bonds is 14. The minimum absolute atomic E-state index is 0.000625. The van der Waals surface area contributed by atoms with Crippen molar-refractivity contribution in [2.24, 2.45) is 0 Å². The Bertz CT molecular complexity index is 8040. The lowest BCUT2D eigenvalue weighted by atomic mass is 9.79. The Morgan fingerprint density at radius 2 is 0.797 bits per heavy atom. The fourth-order valence-electron chi connectivity index (χ4n) is 14.7. The number of ether oxygens (including phenoxy) is 5. The molecule has 1 aliphatic heterocycles. The second-order valence-electron chi connectivity index (χ2n) is 33.7. The van der Waals surface area contributed by atoms with E-state index in [1.54, 1.807) is 143 Å². The average molecular weight is 2160 g/mol. The van der Waals surface area contributed by atoms with Gasteiger partial charge in [-0.1, -0.05) is 105 Å². The normalized spacial score (nSPS) is 12.2. The van der Waals surface area contributed by atoms with E-state index >= 15 is 0 Å². The number of hydrogen-bond acceptors (Lipinski definition) is 21. The summed E-state index contributed by atoms with van der Waals surface area (Å²) in [5.74, 6) is -0.0668. The van der Waals surface area contributed by atoms with Gasteiger partial charge in [-0.2, -0.15) is 5.10 Å². The lowest BCUT2D eigenvalue weighted by molar-refractivity contribution is 0.00578. The van der Waals surface area contributed by atoms with Crippen LogP contribution in [-0.2, 0) is 14.6 Å². The highest BCUT2D eigenvalue weighted by Crippen LogP contribution is 2.39. The highest BCUT2D eigenvalue weighted by atomic mass is 79.9. The molecule has 1 aliphatic rings. The zero-order chi connectivity index (χ0) is 104. The van der Waals surface area contributed by atoms with Crippen molar-refractivity contribution in [3.8, 4) is 73.4 Å². The third-order valence-electron chi connectivity index (χ3n) is 21.8. The fraction of sp³-hybridized carbons (Fsp3) is 0.204. The number of benzene rings is 11. The Morgan fingerprint density at radius 3 is 1.25 bits per heavy atom. The van der Waals surface area contributed by atoms with E-state index in [4.69, 9.17) is 60.8 Å². The van der Waals surface area contributed by atoms with Crippen molar-refractivity contribution in [2.75, 3.05) is 20.0 Å². The van der Waals surface area contributed by atoms with Gasteiger partial charge in [0.2, 0.25) is 21.7 Å². The van der Waals surface area contributed by atoms with Crippen LogP contribution in [0.2, 0.25) is 0 Å². The van der Waals surface area contributed by atoms with Gasteiger partial charge in [-0.15, -0.1) is 0 Å². The molecule has 0 saturated carbocycles. The minimum Gasteiger partial charge on any atom is -0.496 e. The number of nitrogens with zero attached hydrogens (tertiary/aromatic N) is 3. The van der Waals surface area contributed by atoms with Crippen LogP contribution in [-0.4, -0.2) is 71.0 Å². The van der Waals surface area contributed by atoms with Crippen LogP contribution in [0.3, 0.4) is 0 Å². The van der Waals surface area contributed by atoms with Crippen molar-refractivity contribution >= 4 is 132 Å². The third kappa shape index (κ3) is 25.6. The summed E-state index contributed by atoms with van der Waals surface area (Å²) in [6.07, 6.45) is 1.18. The van der Waals surface area contributed by atoms with Crippen LogP contribution in [0.4, 0.5) is 45.3 Å². The second kappa shape index (κ2) is 47.0. The van der Waals surface area contributed by atoms with Gasteiger partial charge < -0.3 is 60.8 Å². The molecule has 0 unspecified atom stereocenters. The van der Waals surface area contributed by atoms with Gasteiger partial charge in [0.1, 0.15) is 147 Å². The zero-order valence-electron chi connectivity index (χ0n) is 79.9. The smallest absolute Gasteiger partial charge is 0.494 e. The van der Waals surface area contributed by atoms with Gasteiger partial charge in [0.25, 0.3) is 0 Å². The maximum atomic E-state index is 14.1. The predicted octanol–water partition coefficient (Wildman–Crippen LogP) is 26.5. The number of alkyl halides is 1. The summed E-state index contributed by atoms with van der Waals surface area (Å²) in [4.78, 5) is 69.0. The highest BCUT2D eigenvalue weighted by Gasteiger charge is 2.52. The molecule has 1 fully saturated rings. The molecular formula is C108H94BBr3F9N5O17. The first-order valence-electron chi connectivity index (χ1n) is 44.1. The first-order valence-corrected chi connectivity index (χ1v) is 46.8. The molecule has 7 aromatic heterocycles. The number of hydrogen-bond donors (Lipinski definition) is 2. The number of anilines is 1. The molecule has 3 N–H and O–H groups in total. The van der Waals surface area contributed by atoms with Crippen molar-refractivity contribution in [2.45, 2.75) is 132 Å². The molecule has 18 aromatic rings. The Kier molecular flexibility index (Phi) is 35.3. The van der Waals surface area contributed by atoms with Crippen LogP contribution in [0, 0.1) is 80.0 Å². The van der Waals surface area contributed by atoms with Gasteiger partial charge >= 0.3 is 7.12 Å². The number of halogens is 12. The van der Waals surface area contributed by atoms with Gasteiger partial charge in [0.05, 0.1) is 76.8 Å². The van der Waals surface area contributed by atoms with E-state index in [1.165, 1.54) is 130 Å². The molecular weight excluding hydrogens is 2060 g/mol. The number of nitrogens with one attached hydrogen (secondary N) is 1. The van der Waals surface area contributed by atoms with E-state index in [2.05, 4.69) is 68.0 Å². The molecule has 0 aliphatic carbocycles. The number of aromatic amines is 1. The maximum Gasteiger partial charge on any atom is 0.494 e. The summed E-state index contributed by atoms with van der Waals surface area (Å²) in [5, 5.41) is 8.41. The SMILES string of the molecule is CC(C)Oc1ccc(-c2[nH]nc3ncnc(N)c23)cc1F.CC(C)Oc1ccc(B2OC(C)(C)C(C)(C)O2)cc1F.CC(C)Oc1ccc(Br)cc1F.COc1cccc2oc(C)c(-c3cccc(F)c3)c(=O)c12.COc1cccc2oc(CBr)c(-c3cccc(F)c3)c(=O)c12.Cc1cc(=O)c2c(F)cccc2o1.Cc1oc2cccc(F)c2c(=O)c1-c1cccc(F)c1.Cc1oc2cccc(F)c2c(=O)c1Br. The molecule has 0 atom stereocenters. The first kappa shape index (κ1) is 107. The Labute approximate surface area is 838 Å². The molecule has 0 spiro atoms. The summed E-state index contributed by atoms with van der Waals surface area (Å²) in [6.45, 7) is 25.6. The van der Waals surface area contributed by atoms with Crippen molar-refractivity contribution in [3.05, 3.63) is 372 Å². The quantitative estimate of drug-likeness (QED) is 0.0581. The molecule has 11 aromatic carbocycles. The van der Waals surface area contributed by atoms with Crippen LogP contribution in [0.5, 0.6) is 28.7 Å². The van der Waals surface area contributed by atoms with Gasteiger partial charge in [-0.05, 0) is 281 Å². The summed E-state index contributed by atoms with van der Waals surface area (Å²) in [7, 11) is 2.44.